The molecule has 0 fully saturated rings. The highest BCUT2D eigenvalue weighted by Crippen LogP contribution is 2.12. The molecule has 0 atom stereocenters. The Kier molecular flexibility index (Phi) is 3.37. The van der Waals surface area contributed by atoms with Crippen molar-refractivity contribution in [2.75, 3.05) is 5.32 Å². The van der Waals surface area contributed by atoms with Crippen molar-refractivity contribution < 1.29 is 9.18 Å². The SMILES string of the molecule is Cn1nnc2c(=O)n(CC(=O)Nc3ccccc3F)cnc21. The summed E-state index contributed by atoms with van der Waals surface area (Å²) in [6.07, 6.45) is 1.23. The fourth-order valence-corrected chi connectivity index (χ4v) is 1.97. The maximum absolute atomic E-state index is 13.5. The lowest BCUT2D eigenvalue weighted by molar-refractivity contribution is -0.116. The Bertz CT molecular complexity index is 916. The molecule has 2 aromatic heterocycles. The maximum atomic E-state index is 13.5. The quantitative estimate of drug-likeness (QED) is 0.751. The van der Waals surface area contributed by atoms with Gasteiger partial charge in [-0.1, -0.05) is 17.3 Å². The number of aromatic nitrogens is 5. The summed E-state index contributed by atoms with van der Waals surface area (Å²) in [6.45, 7) is -0.299. The van der Waals surface area contributed by atoms with Crippen LogP contribution in [0.5, 0.6) is 0 Å². The average Bonchev–Trinajstić information content (AvgIpc) is 2.87. The van der Waals surface area contributed by atoms with Gasteiger partial charge in [0.1, 0.15) is 18.7 Å². The van der Waals surface area contributed by atoms with Crippen LogP contribution in [0, 0.1) is 5.82 Å². The fourth-order valence-electron chi connectivity index (χ4n) is 1.97. The molecule has 2 heterocycles. The molecule has 0 unspecified atom stereocenters. The van der Waals surface area contributed by atoms with Gasteiger partial charge in [-0.15, -0.1) is 5.10 Å². The molecule has 3 rings (SSSR count). The molecule has 22 heavy (non-hydrogen) atoms. The molecule has 1 N–H and O–H groups in total. The number of carbonyl (C=O) groups is 1. The Morgan fingerprint density at radius 1 is 1.36 bits per heavy atom. The van der Waals surface area contributed by atoms with Gasteiger partial charge in [-0.25, -0.2) is 14.1 Å². The van der Waals surface area contributed by atoms with Crippen LogP contribution in [-0.2, 0) is 18.4 Å². The standard InChI is InChI=1S/C13H11FN6O2/c1-19-12-11(17-18-19)13(22)20(7-15-12)6-10(21)16-9-5-3-2-4-8(9)14/h2-5,7H,6H2,1H3,(H,16,21). The number of anilines is 1. The predicted molar refractivity (Wildman–Crippen MR) is 75.6 cm³/mol. The minimum atomic E-state index is -0.550. The van der Waals surface area contributed by atoms with E-state index in [9.17, 15) is 14.0 Å². The van der Waals surface area contributed by atoms with E-state index in [0.29, 0.717) is 5.65 Å². The van der Waals surface area contributed by atoms with Crippen molar-refractivity contribution in [1.82, 2.24) is 24.5 Å². The summed E-state index contributed by atoms with van der Waals surface area (Å²) >= 11 is 0. The highest BCUT2D eigenvalue weighted by atomic mass is 19.1. The lowest BCUT2D eigenvalue weighted by atomic mass is 10.3. The normalized spacial score (nSPS) is 10.8. The topological polar surface area (TPSA) is 94.7 Å². The number of amides is 1. The Hall–Kier alpha value is -3.10. The number of halogens is 1. The maximum Gasteiger partial charge on any atom is 0.283 e. The van der Waals surface area contributed by atoms with Crippen LogP contribution in [-0.4, -0.2) is 30.5 Å². The van der Waals surface area contributed by atoms with E-state index in [1.54, 1.807) is 13.1 Å². The fraction of sp³-hybridized carbons (Fsp3) is 0.154. The third-order valence-electron chi connectivity index (χ3n) is 3.04. The Morgan fingerprint density at radius 3 is 2.91 bits per heavy atom. The van der Waals surface area contributed by atoms with Crippen LogP contribution in [0.1, 0.15) is 0 Å². The summed E-state index contributed by atoms with van der Waals surface area (Å²) in [5, 5.41) is 9.80. The van der Waals surface area contributed by atoms with Gasteiger partial charge >= 0.3 is 0 Å². The van der Waals surface area contributed by atoms with Crippen LogP contribution < -0.4 is 10.9 Å². The first-order chi connectivity index (χ1) is 10.6. The van der Waals surface area contributed by atoms with E-state index in [4.69, 9.17) is 0 Å². The number of hydrogen-bond donors (Lipinski definition) is 1. The van der Waals surface area contributed by atoms with E-state index in [2.05, 4.69) is 20.6 Å². The van der Waals surface area contributed by atoms with E-state index >= 15 is 0 Å². The number of para-hydroxylation sites is 1. The number of fused-ring (bicyclic) bond motifs is 1. The third-order valence-corrected chi connectivity index (χ3v) is 3.04. The second kappa shape index (κ2) is 5.35. The lowest BCUT2D eigenvalue weighted by Gasteiger charge is -2.07. The minimum absolute atomic E-state index is 0.0501. The van der Waals surface area contributed by atoms with Gasteiger partial charge in [-0.2, -0.15) is 0 Å². The van der Waals surface area contributed by atoms with Gasteiger partial charge in [0.25, 0.3) is 5.56 Å². The molecule has 0 saturated carbocycles. The molecule has 3 aromatic rings. The van der Waals surface area contributed by atoms with Crippen molar-refractivity contribution in [3.05, 3.63) is 46.8 Å². The average molecular weight is 302 g/mol. The van der Waals surface area contributed by atoms with Crippen LogP contribution in [0.4, 0.5) is 10.1 Å². The highest BCUT2D eigenvalue weighted by molar-refractivity contribution is 5.90. The van der Waals surface area contributed by atoms with Gasteiger partial charge in [0.2, 0.25) is 5.91 Å². The molecule has 1 amide bonds. The lowest BCUT2D eigenvalue weighted by Crippen LogP contribution is -2.28. The molecule has 0 bridgehead atoms. The summed E-state index contributed by atoms with van der Waals surface area (Å²) in [5.74, 6) is -1.09. The van der Waals surface area contributed by atoms with Gasteiger partial charge in [-0.05, 0) is 12.1 Å². The Balaban J connectivity index is 1.84. The van der Waals surface area contributed by atoms with Crippen LogP contribution in [0.25, 0.3) is 11.2 Å². The third kappa shape index (κ3) is 2.43. The van der Waals surface area contributed by atoms with Gasteiger partial charge in [-0.3, -0.25) is 14.2 Å². The van der Waals surface area contributed by atoms with Crippen molar-refractivity contribution in [3.63, 3.8) is 0 Å². The van der Waals surface area contributed by atoms with Crippen LogP contribution in [0.2, 0.25) is 0 Å². The van der Waals surface area contributed by atoms with Crippen molar-refractivity contribution in [1.29, 1.82) is 0 Å². The zero-order valence-electron chi connectivity index (χ0n) is 11.5. The zero-order valence-corrected chi connectivity index (χ0v) is 11.5. The number of aryl methyl sites for hydroxylation is 1. The molecular formula is C13H11FN6O2. The van der Waals surface area contributed by atoms with Crippen molar-refractivity contribution >= 4 is 22.8 Å². The molecule has 0 saturated heterocycles. The summed E-state index contributed by atoms with van der Waals surface area (Å²) in [6, 6.07) is 5.77. The van der Waals surface area contributed by atoms with Crippen molar-refractivity contribution in [2.45, 2.75) is 6.54 Å². The molecule has 9 heteroatoms. The van der Waals surface area contributed by atoms with E-state index < -0.39 is 17.3 Å². The smallest absolute Gasteiger partial charge is 0.283 e. The monoisotopic (exact) mass is 302 g/mol. The first-order valence-corrected chi connectivity index (χ1v) is 6.35. The summed E-state index contributed by atoms with van der Waals surface area (Å²) in [4.78, 5) is 28.1. The highest BCUT2D eigenvalue weighted by Gasteiger charge is 2.13. The number of carbonyl (C=O) groups excluding carboxylic acids is 1. The number of nitrogens with zero attached hydrogens (tertiary/aromatic N) is 5. The van der Waals surface area contributed by atoms with Crippen molar-refractivity contribution in [3.8, 4) is 0 Å². The Labute approximate surface area is 123 Å². The first kappa shape index (κ1) is 13.9. The van der Waals surface area contributed by atoms with Crippen LogP contribution >= 0.6 is 0 Å². The molecule has 8 nitrogen and oxygen atoms in total. The van der Waals surface area contributed by atoms with E-state index in [-0.39, 0.29) is 17.7 Å². The van der Waals surface area contributed by atoms with Gasteiger partial charge in [0.05, 0.1) is 5.69 Å². The molecule has 0 spiro atoms. The van der Waals surface area contributed by atoms with Crippen LogP contribution in [0.3, 0.4) is 0 Å². The summed E-state index contributed by atoms with van der Waals surface area (Å²) in [5.41, 5.74) is -0.0321. The van der Waals surface area contributed by atoms with Gasteiger partial charge in [0.15, 0.2) is 11.2 Å². The molecule has 0 aliphatic rings. The molecule has 112 valence electrons. The number of benzene rings is 1. The van der Waals surface area contributed by atoms with Crippen molar-refractivity contribution in [2.24, 2.45) is 7.05 Å². The number of nitrogens with one attached hydrogen (secondary N) is 1. The molecular weight excluding hydrogens is 291 g/mol. The summed E-state index contributed by atoms with van der Waals surface area (Å²) in [7, 11) is 1.61. The molecule has 0 radical (unpaired) electrons. The number of rotatable bonds is 3. The predicted octanol–water partition coefficient (Wildman–Crippen LogP) is 0.303. The zero-order chi connectivity index (χ0) is 15.7. The minimum Gasteiger partial charge on any atom is -0.322 e. The first-order valence-electron chi connectivity index (χ1n) is 6.35. The van der Waals surface area contributed by atoms with Gasteiger partial charge in [0, 0.05) is 7.05 Å². The molecule has 0 aliphatic carbocycles. The molecule has 1 aromatic carbocycles. The summed E-state index contributed by atoms with van der Waals surface area (Å²) < 4.78 is 15.9. The van der Waals surface area contributed by atoms with E-state index in [1.165, 1.54) is 29.2 Å². The van der Waals surface area contributed by atoms with E-state index in [0.717, 1.165) is 4.57 Å². The number of hydrogen-bond acceptors (Lipinski definition) is 5. The second-order valence-corrected chi connectivity index (χ2v) is 4.59. The largest absolute Gasteiger partial charge is 0.322 e. The Morgan fingerprint density at radius 2 is 2.14 bits per heavy atom. The van der Waals surface area contributed by atoms with Crippen LogP contribution in [0.15, 0.2) is 35.4 Å². The molecule has 0 aliphatic heterocycles. The second-order valence-electron chi connectivity index (χ2n) is 4.59. The van der Waals surface area contributed by atoms with E-state index in [1.807, 2.05) is 0 Å². The van der Waals surface area contributed by atoms with Gasteiger partial charge < -0.3 is 5.32 Å².